The lowest BCUT2D eigenvalue weighted by atomic mass is 9.89. The number of piperidine rings is 2. The molecule has 2 aromatic rings. The summed E-state index contributed by atoms with van der Waals surface area (Å²) in [6, 6.07) is 19.2. The van der Waals surface area contributed by atoms with Gasteiger partial charge in [0.25, 0.3) is 0 Å². The average Bonchev–Trinajstić information content (AvgIpc) is 2.92. The number of benzene rings is 2. The fourth-order valence-corrected chi connectivity index (χ4v) is 6.31. The molecule has 0 amide bonds. The molecule has 0 bridgehead atoms. The Kier molecular flexibility index (Phi) is 8.42. The van der Waals surface area contributed by atoms with Crippen LogP contribution < -0.4 is 20.4 Å². The molecule has 2 saturated heterocycles. The Labute approximate surface area is 207 Å². The van der Waals surface area contributed by atoms with Gasteiger partial charge in [0.05, 0.1) is 0 Å². The highest BCUT2D eigenvalue weighted by Gasteiger charge is 2.25. The molecule has 4 heteroatoms. The fourth-order valence-electron chi connectivity index (χ4n) is 6.31. The van der Waals surface area contributed by atoms with Gasteiger partial charge in [0, 0.05) is 62.7 Å². The molecule has 3 fully saturated rings. The van der Waals surface area contributed by atoms with E-state index >= 15 is 0 Å². The van der Waals surface area contributed by atoms with Crippen molar-refractivity contribution in [3.05, 3.63) is 59.7 Å². The van der Waals surface area contributed by atoms with E-state index in [0.717, 1.165) is 13.1 Å². The fraction of sp³-hybridized carbons (Fsp3) is 0.600. The maximum Gasteiger partial charge on any atom is 0.0411 e. The smallest absolute Gasteiger partial charge is 0.0411 e. The van der Waals surface area contributed by atoms with Gasteiger partial charge in [-0.3, -0.25) is 0 Å². The van der Waals surface area contributed by atoms with Crippen molar-refractivity contribution in [2.75, 3.05) is 36.0 Å². The minimum absolute atomic E-state index is 0.547. The Morgan fingerprint density at radius 2 is 0.941 bits per heavy atom. The first-order valence-electron chi connectivity index (χ1n) is 14.0. The van der Waals surface area contributed by atoms with Crippen molar-refractivity contribution in [2.45, 2.75) is 89.4 Å². The van der Waals surface area contributed by atoms with Gasteiger partial charge in [-0.15, -0.1) is 0 Å². The van der Waals surface area contributed by atoms with E-state index in [-0.39, 0.29) is 0 Å². The van der Waals surface area contributed by atoms with Crippen LogP contribution in [0.2, 0.25) is 0 Å². The summed E-state index contributed by atoms with van der Waals surface area (Å²) in [6.07, 6.45) is 13.3. The van der Waals surface area contributed by atoms with Gasteiger partial charge >= 0.3 is 0 Å². The Bertz CT molecular complexity index is 811. The van der Waals surface area contributed by atoms with Gasteiger partial charge in [-0.2, -0.15) is 0 Å². The third-order valence-corrected chi connectivity index (χ3v) is 8.25. The summed E-state index contributed by atoms with van der Waals surface area (Å²) in [6.45, 7) is 6.78. The van der Waals surface area contributed by atoms with Crippen molar-refractivity contribution < 1.29 is 0 Å². The van der Waals surface area contributed by atoms with E-state index in [1.54, 1.807) is 0 Å². The quantitative estimate of drug-likeness (QED) is 0.517. The highest BCUT2D eigenvalue weighted by Crippen LogP contribution is 2.27. The van der Waals surface area contributed by atoms with E-state index in [1.807, 2.05) is 0 Å². The number of hydrogen-bond acceptors (Lipinski definition) is 4. The van der Waals surface area contributed by atoms with Crippen LogP contribution in [0.3, 0.4) is 0 Å². The average molecular weight is 461 g/mol. The predicted octanol–water partition coefficient (Wildman–Crippen LogP) is 5.86. The minimum Gasteiger partial charge on any atom is -0.371 e. The highest BCUT2D eigenvalue weighted by molar-refractivity contribution is 5.54. The first kappa shape index (κ1) is 23.7. The molecule has 2 N–H and O–H groups in total. The Morgan fingerprint density at radius 1 is 0.529 bits per heavy atom. The molecule has 0 radical (unpaired) electrons. The first-order valence-corrected chi connectivity index (χ1v) is 14.0. The second-order valence-electron chi connectivity index (χ2n) is 10.6. The van der Waals surface area contributed by atoms with Gasteiger partial charge in [-0.05, 0) is 74.6 Å². The van der Waals surface area contributed by atoms with Gasteiger partial charge < -0.3 is 20.4 Å². The van der Waals surface area contributed by atoms with E-state index in [1.165, 1.54) is 113 Å². The highest BCUT2D eigenvalue weighted by atomic mass is 15.1. The summed E-state index contributed by atoms with van der Waals surface area (Å²) in [5.74, 6) is 0. The van der Waals surface area contributed by atoms with Crippen LogP contribution in [0.15, 0.2) is 48.5 Å². The van der Waals surface area contributed by atoms with Gasteiger partial charge in [0.1, 0.15) is 0 Å². The second-order valence-corrected chi connectivity index (χ2v) is 10.6. The van der Waals surface area contributed by atoms with Crippen LogP contribution >= 0.6 is 0 Å². The largest absolute Gasteiger partial charge is 0.371 e. The molecule has 2 heterocycles. The molecule has 1 aliphatic carbocycles. The van der Waals surface area contributed by atoms with Crippen LogP contribution in [0.1, 0.15) is 75.3 Å². The van der Waals surface area contributed by atoms with Crippen molar-refractivity contribution in [1.82, 2.24) is 10.6 Å². The van der Waals surface area contributed by atoms with Crippen molar-refractivity contribution in [1.29, 1.82) is 0 Å². The lowest BCUT2D eigenvalue weighted by Crippen LogP contribution is -2.49. The molecule has 5 rings (SSSR count). The molecule has 1 saturated carbocycles. The molecule has 184 valence electrons. The van der Waals surface area contributed by atoms with Gasteiger partial charge in [-0.25, -0.2) is 0 Å². The number of nitrogens with zero attached hydrogens (tertiary/aromatic N) is 2. The lowest BCUT2D eigenvalue weighted by molar-refractivity contribution is 0.281. The summed E-state index contributed by atoms with van der Waals surface area (Å²) in [7, 11) is 0. The maximum absolute atomic E-state index is 3.98. The lowest BCUT2D eigenvalue weighted by Gasteiger charge is -2.35. The summed E-state index contributed by atoms with van der Waals surface area (Å²) in [5.41, 5.74) is 5.82. The molecule has 2 atom stereocenters. The van der Waals surface area contributed by atoms with Crippen molar-refractivity contribution >= 4 is 11.4 Å². The minimum atomic E-state index is 0.547. The number of nitrogens with one attached hydrogen (secondary N) is 2. The van der Waals surface area contributed by atoms with Gasteiger partial charge in [0.2, 0.25) is 0 Å². The van der Waals surface area contributed by atoms with E-state index in [9.17, 15) is 0 Å². The topological polar surface area (TPSA) is 30.5 Å². The van der Waals surface area contributed by atoms with Crippen molar-refractivity contribution in [2.24, 2.45) is 0 Å². The van der Waals surface area contributed by atoms with E-state index in [2.05, 4.69) is 69.0 Å². The zero-order chi connectivity index (χ0) is 23.0. The third kappa shape index (κ3) is 5.95. The molecule has 3 aliphatic rings. The van der Waals surface area contributed by atoms with Crippen LogP contribution in [0.25, 0.3) is 0 Å². The molecule has 0 aromatic heterocycles. The number of hydrogen-bond donors (Lipinski definition) is 2. The van der Waals surface area contributed by atoms with E-state index in [0.29, 0.717) is 12.1 Å². The number of rotatable bonds is 8. The second kappa shape index (κ2) is 12.1. The Balaban J connectivity index is 1.21. The zero-order valence-electron chi connectivity index (χ0n) is 21.0. The predicted molar refractivity (Wildman–Crippen MR) is 145 cm³/mol. The Morgan fingerprint density at radius 3 is 1.38 bits per heavy atom. The monoisotopic (exact) mass is 460 g/mol. The van der Waals surface area contributed by atoms with Gasteiger partial charge in [-0.1, -0.05) is 49.2 Å². The molecule has 0 unspecified atom stereocenters. The molecule has 2 aliphatic heterocycles. The summed E-state index contributed by atoms with van der Waals surface area (Å²) >= 11 is 0. The summed E-state index contributed by atoms with van der Waals surface area (Å²) in [4.78, 5) is 5.21. The normalized spacial score (nSPS) is 23.8. The molecule has 4 nitrogen and oxygen atoms in total. The maximum atomic E-state index is 3.98. The van der Waals surface area contributed by atoms with E-state index < -0.39 is 0 Å². The third-order valence-electron chi connectivity index (χ3n) is 8.25. The zero-order valence-corrected chi connectivity index (χ0v) is 21.0. The number of para-hydroxylation sites is 2. The SMILES string of the molecule is c1ccc(N2CCCCC2)c(CN[C@@H]2CCCC[C@H]2NCc2ccccc2N2CCCCC2)c1. The van der Waals surface area contributed by atoms with Gasteiger partial charge in [0.15, 0.2) is 0 Å². The van der Waals surface area contributed by atoms with E-state index in [4.69, 9.17) is 0 Å². The van der Waals surface area contributed by atoms with Crippen LogP contribution in [0.4, 0.5) is 11.4 Å². The number of anilines is 2. The van der Waals surface area contributed by atoms with Crippen LogP contribution in [-0.2, 0) is 13.1 Å². The molecule has 34 heavy (non-hydrogen) atoms. The standard InChI is InChI=1S/C30H44N4/c1-9-19-33(20-10-1)29-17-7-3-13-25(29)23-31-27-15-5-6-16-28(27)32-24-26-14-4-8-18-30(26)34-21-11-2-12-22-34/h3-4,7-8,13-14,17-18,27-28,31-32H,1-2,5-6,9-12,15-16,19-24H2/t27-,28-/m1/s1. The summed E-state index contributed by atoms with van der Waals surface area (Å²) < 4.78 is 0. The molecule has 2 aromatic carbocycles. The van der Waals surface area contributed by atoms with Crippen molar-refractivity contribution in [3.63, 3.8) is 0 Å². The Hall–Kier alpha value is -2.04. The van der Waals surface area contributed by atoms with Crippen LogP contribution in [-0.4, -0.2) is 38.3 Å². The molecule has 0 spiro atoms. The molecular formula is C30H44N4. The molecular weight excluding hydrogens is 416 g/mol. The van der Waals surface area contributed by atoms with Crippen LogP contribution in [0, 0.1) is 0 Å². The van der Waals surface area contributed by atoms with Crippen LogP contribution in [0.5, 0.6) is 0 Å². The van der Waals surface area contributed by atoms with Crippen molar-refractivity contribution in [3.8, 4) is 0 Å². The first-order chi connectivity index (χ1) is 16.9. The summed E-state index contributed by atoms with van der Waals surface area (Å²) in [5, 5.41) is 7.96.